The van der Waals surface area contributed by atoms with E-state index in [9.17, 15) is 4.79 Å². The Morgan fingerprint density at radius 3 is 3.00 bits per heavy atom. The van der Waals surface area contributed by atoms with Gasteiger partial charge in [0.25, 0.3) is 5.91 Å². The van der Waals surface area contributed by atoms with Crippen molar-refractivity contribution in [2.75, 3.05) is 44.4 Å². The Kier molecular flexibility index (Phi) is 4.47. The summed E-state index contributed by atoms with van der Waals surface area (Å²) in [5.41, 5.74) is 1.33. The van der Waals surface area contributed by atoms with Crippen LogP contribution < -0.4 is 5.32 Å². The van der Waals surface area contributed by atoms with E-state index in [0.717, 1.165) is 49.9 Å². The molecule has 128 valence electrons. The summed E-state index contributed by atoms with van der Waals surface area (Å²) < 4.78 is 7.36. The van der Waals surface area contributed by atoms with Crippen molar-refractivity contribution >= 4 is 23.3 Å². The van der Waals surface area contributed by atoms with Crippen LogP contribution in [0.15, 0.2) is 30.6 Å². The second kappa shape index (κ2) is 6.74. The lowest BCUT2D eigenvalue weighted by molar-refractivity contribution is -0.0129. The molecule has 2 fully saturated rings. The van der Waals surface area contributed by atoms with Crippen molar-refractivity contribution in [2.24, 2.45) is 0 Å². The Hall–Kier alpha value is -1.57. The second-order valence-corrected chi connectivity index (χ2v) is 7.51. The van der Waals surface area contributed by atoms with E-state index in [1.54, 1.807) is 6.20 Å². The molecule has 0 aliphatic carbocycles. The molecule has 0 saturated carbocycles. The van der Waals surface area contributed by atoms with Crippen molar-refractivity contribution in [3.05, 3.63) is 36.3 Å². The molecule has 24 heavy (non-hydrogen) atoms. The van der Waals surface area contributed by atoms with Gasteiger partial charge in [0.1, 0.15) is 11.3 Å². The summed E-state index contributed by atoms with van der Waals surface area (Å²) in [6.45, 7) is 4.14. The fourth-order valence-corrected chi connectivity index (χ4v) is 4.99. The van der Waals surface area contributed by atoms with Gasteiger partial charge >= 0.3 is 0 Å². The number of amides is 1. The molecule has 1 amide bonds. The van der Waals surface area contributed by atoms with Crippen molar-refractivity contribution in [3.8, 4) is 0 Å². The normalized spacial score (nSPS) is 25.2. The van der Waals surface area contributed by atoms with E-state index in [1.807, 2.05) is 40.6 Å². The van der Waals surface area contributed by atoms with Crippen LogP contribution >= 0.6 is 11.8 Å². The maximum absolute atomic E-state index is 12.6. The molecule has 0 radical (unpaired) electrons. The molecule has 6 nitrogen and oxygen atoms in total. The maximum Gasteiger partial charge on any atom is 0.271 e. The van der Waals surface area contributed by atoms with Crippen LogP contribution in [0, 0.1) is 0 Å². The van der Waals surface area contributed by atoms with Crippen molar-refractivity contribution < 1.29 is 9.53 Å². The zero-order chi connectivity index (χ0) is 16.4. The quantitative estimate of drug-likeness (QED) is 0.904. The summed E-state index contributed by atoms with van der Waals surface area (Å²) in [5.74, 6) is 2.13. The van der Waals surface area contributed by atoms with Gasteiger partial charge in [-0.2, -0.15) is 11.8 Å². The first-order valence-electron chi connectivity index (χ1n) is 8.39. The number of carbonyl (C=O) groups is 1. The van der Waals surface area contributed by atoms with Crippen LogP contribution in [-0.2, 0) is 4.74 Å². The minimum absolute atomic E-state index is 0.0588. The zero-order valence-corrected chi connectivity index (χ0v) is 14.4. The van der Waals surface area contributed by atoms with Gasteiger partial charge in [-0.1, -0.05) is 6.07 Å². The minimum Gasteiger partial charge on any atom is -0.379 e. The van der Waals surface area contributed by atoms with Crippen LogP contribution in [0.25, 0.3) is 5.65 Å². The Morgan fingerprint density at radius 2 is 2.25 bits per heavy atom. The van der Waals surface area contributed by atoms with Gasteiger partial charge in [-0.15, -0.1) is 0 Å². The number of carbonyl (C=O) groups excluding carboxylic acids is 1. The summed E-state index contributed by atoms with van der Waals surface area (Å²) in [6, 6.07) is 5.76. The SMILES string of the molecule is O=C(NCC1(N2CCOCC2)CCSC1)c1cn2ccccc2n1. The Morgan fingerprint density at radius 1 is 1.38 bits per heavy atom. The predicted molar refractivity (Wildman–Crippen MR) is 94.6 cm³/mol. The molecule has 7 heteroatoms. The summed E-state index contributed by atoms with van der Waals surface area (Å²) in [4.78, 5) is 19.5. The fourth-order valence-electron chi connectivity index (χ4n) is 3.51. The van der Waals surface area contributed by atoms with Gasteiger partial charge in [0.15, 0.2) is 0 Å². The molecule has 0 aromatic carbocycles. The highest BCUT2D eigenvalue weighted by Gasteiger charge is 2.41. The lowest BCUT2D eigenvalue weighted by Gasteiger charge is -2.43. The standard InChI is InChI=1S/C17H22N4O2S/c22-16(14-11-20-5-2-1-3-15(20)19-14)18-12-17(4-10-24-13-17)21-6-8-23-9-7-21/h1-3,5,11H,4,6-10,12-13H2,(H,18,22). The molecule has 4 heterocycles. The number of morpholine rings is 1. The van der Waals surface area contributed by atoms with Gasteiger partial charge in [-0.25, -0.2) is 4.98 Å². The lowest BCUT2D eigenvalue weighted by atomic mass is 9.95. The molecule has 1 atom stereocenters. The van der Waals surface area contributed by atoms with E-state index in [-0.39, 0.29) is 11.4 Å². The van der Waals surface area contributed by atoms with Gasteiger partial charge in [-0.05, 0) is 24.3 Å². The molecule has 2 aliphatic heterocycles. The minimum atomic E-state index is -0.0942. The molecule has 4 rings (SSSR count). The van der Waals surface area contributed by atoms with Gasteiger partial charge in [0, 0.05) is 43.3 Å². The number of imidazole rings is 1. The summed E-state index contributed by atoms with van der Waals surface area (Å²) in [7, 11) is 0. The largest absolute Gasteiger partial charge is 0.379 e. The smallest absolute Gasteiger partial charge is 0.271 e. The molecule has 1 N–H and O–H groups in total. The van der Waals surface area contributed by atoms with Crippen LogP contribution in [0.5, 0.6) is 0 Å². The molecular formula is C17H22N4O2S. The molecule has 2 aromatic rings. The molecule has 2 saturated heterocycles. The number of aromatic nitrogens is 2. The maximum atomic E-state index is 12.6. The van der Waals surface area contributed by atoms with Gasteiger partial charge in [0.2, 0.25) is 0 Å². The third-order valence-corrected chi connectivity index (χ3v) is 6.17. The first kappa shape index (κ1) is 15.9. The summed E-state index contributed by atoms with van der Waals surface area (Å²) >= 11 is 1.97. The highest BCUT2D eigenvalue weighted by atomic mass is 32.2. The lowest BCUT2D eigenvalue weighted by Crippen LogP contribution is -2.59. The highest BCUT2D eigenvalue weighted by molar-refractivity contribution is 7.99. The van der Waals surface area contributed by atoms with Gasteiger partial charge in [0.05, 0.1) is 13.2 Å². The van der Waals surface area contributed by atoms with E-state index >= 15 is 0 Å². The number of ether oxygens (including phenoxy) is 1. The number of pyridine rings is 1. The van der Waals surface area contributed by atoms with Crippen LogP contribution in [0.2, 0.25) is 0 Å². The topological polar surface area (TPSA) is 58.9 Å². The third-order valence-electron chi connectivity index (χ3n) is 4.94. The average Bonchev–Trinajstić information content (AvgIpc) is 3.28. The number of nitrogens with one attached hydrogen (secondary N) is 1. The van der Waals surface area contributed by atoms with Crippen molar-refractivity contribution in [2.45, 2.75) is 12.0 Å². The molecule has 1 unspecified atom stereocenters. The number of thioether (sulfide) groups is 1. The van der Waals surface area contributed by atoms with E-state index in [2.05, 4.69) is 15.2 Å². The van der Waals surface area contributed by atoms with E-state index in [1.165, 1.54) is 0 Å². The van der Waals surface area contributed by atoms with E-state index < -0.39 is 0 Å². The molecule has 0 bridgehead atoms. The number of hydrogen-bond acceptors (Lipinski definition) is 5. The van der Waals surface area contributed by atoms with Crippen LogP contribution in [0.4, 0.5) is 0 Å². The van der Waals surface area contributed by atoms with E-state index in [0.29, 0.717) is 12.2 Å². The number of rotatable bonds is 4. The highest BCUT2D eigenvalue weighted by Crippen LogP contribution is 2.33. The van der Waals surface area contributed by atoms with Crippen LogP contribution in [-0.4, -0.2) is 70.1 Å². The van der Waals surface area contributed by atoms with Gasteiger partial charge < -0.3 is 14.5 Å². The molecule has 2 aromatic heterocycles. The number of fused-ring (bicyclic) bond motifs is 1. The van der Waals surface area contributed by atoms with Crippen molar-refractivity contribution in [1.82, 2.24) is 19.6 Å². The van der Waals surface area contributed by atoms with Crippen molar-refractivity contribution in [3.63, 3.8) is 0 Å². The van der Waals surface area contributed by atoms with E-state index in [4.69, 9.17) is 4.74 Å². The fraction of sp³-hybridized carbons (Fsp3) is 0.529. The summed E-state index contributed by atoms with van der Waals surface area (Å²) in [6.07, 6.45) is 4.81. The Balaban J connectivity index is 1.46. The van der Waals surface area contributed by atoms with Crippen LogP contribution in [0.1, 0.15) is 16.9 Å². The first-order valence-corrected chi connectivity index (χ1v) is 9.55. The zero-order valence-electron chi connectivity index (χ0n) is 13.6. The average molecular weight is 346 g/mol. The summed E-state index contributed by atoms with van der Waals surface area (Å²) in [5, 5.41) is 3.13. The first-order chi connectivity index (χ1) is 11.8. The van der Waals surface area contributed by atoms with Crippen molar-refractivity contribution in [1.29, 1.82) is 0 Å². The molecule has 2 aliphatic rings. The third kappa shape index (κ3) is 3.03. The van der Waals surface area contributed by atoms with Crippen LogP contribution in [0.3, 0.4) is 0 Å². The Labute approximate surface area is 145 Å². The Bertz CT molecular complexity index is 687. The number of hydrogen-bond donors (Lipinski definition) is 1. The molecular weight excluding hydrogens is 324 g/mol. The second-order valence-electron chi connectivity index (χ2n) is 6.40. The monoisotopic (exact) mass is 346 g/mol. The molecule has 0 spiro atoms. The number of nitrogens with zero attached hydrogens (tertiary/aromatic N) is 3. The van der Waals surface area contributed by atoms with Gasteiger partial charge in [-0.3, -0.25) is 9.69 Å². The predicted octanol–water partition coefficient (Wildman–Crippen LogP) is 1.27.